The number of rotatable bonds is 2. The van der Waals surface area contributed by atoms with Crippen molar-refractivity contribution in [2.24, 2.45) is 0 Å². The molecule has 5 nitrogen and oxygen atoms in total. The van der Waals surface area contributed by atoms with E-state index in [2.05, 4.69) is 5.32 Å². The molecule has 0 aromatic heterocycles. The zero-order valence-corrected chi connectivity index (χ0v) is 11.9. The first kappa shape index (κ1) is 13.6. The molecule has 7 heteroatoms. The molecule has 100 valence electrons. The Morgan fingerprint density at radius 3 is 2.82 bits per heavy atom. The van der Waals surface area contributed by atoms with Gasteiger partial charge in [0.05, 0.1) is 0 Å². The van der Waals surface area contributed by atoms with Gasteiger partial charge in [-0.2, -0.15) is 28.8 Å². The van der Waals surface area contributed by atoms with Crippen molar-refractivity contribution in [3.63, 3.8) is 0 Å². The summed E-state index contributed by atoms with van der Waals surface area (Å²) >= 11 is 1.84. The first-order valence-corrected chi connectivity index (χ1v) is 8.73. The Labute approximate surface area is 108 Å². The van der Waals surface area contributed by atoms with E-state index < -0.39 is 10.2 Å². The summed E-state index contributed by atoms with van der Waals surface area (Å²) in [6, 6.07) is 0.120. The number of hydrogen-bond acceptors (Lipinski definition) is 4. The van der Waals surface area contributed by atoms with Crippen molar-refractivity contribution >= 4 is 22.0 Å². The van der Waals surface area contributed by atoms with E-state index >= 15 is 0 Å². The van der Waals surface area contributed by atoms with Crippen molar-refractivity contribution in [1.29, 1.82) is 0 Å². The van der Waals surface area contributed by atoms with Crippen LogP contribution in [0.4, 0.5) is 0 Å². The van der Waals surface area contributed by atoms with Gasteiger partial charge >= 0.3 is 0 Å². The van der Waals surface area contributed by atoms with Crippen molar-refractivity contribution in [3.8, 4) is 0 Å². The molecule has 2 rings (SSSR count). The van der Waals surface area contributed by atoms with Crippen molar-refractivity contribution < 1.29 is 8.42 Å². The summed E-state index contributed by atoms with van der Waals surface area (Å²) in [5.41, 5.74) is 0. The largest absolute Gasteiger partial charge is 0.315 e. The van der Waals surface area contributed by atoms with Gasteiger partial charge in [-0.25, -0.2) is 0 Å². The molecule has 1 atom stereocenters. The number of nitrogens with one attached hydrogen (secondary N) is 1. The SMILES string of the molecule is CC1CSCCN1S(=O)(=O)N1CCCNCC1. The minimum absolute atomic E-state index is 0.120. The predicted octanol–water partition coefficient (Wildman–Crippen LogP) is -0.0362. The van der Waals surface area contributed by atoms with Crippen LogP contribution in [0.3, 0.4) is 0 Å². The third kappa shape index (κ3) is 3.14. The molecule has 2 aliphatic rings. The lowest BCUT2D eigenvalue weighted by molar-refractivity contribution is 0.316. The fourth-order valence-corrected chi connectivity index (χ4v) is 5.31. The second-order valence-corrected chi connectivity index (χ2v) is 7.58. The Hall–Kier alpha value is 0.180. The van der Waals surface area contributed by atoms with Crippen LogP contribution in [-0.2, 0) is 10.2 Å². The molecule has 2 heterocycles. The zero-order valence-electron chi connectivity index (χ0n) is 10.3. The summed E-state index contributed by atoms with van der Waals surface area (Å²) < 4.78 is 28.4. The van der Waals surface area contributed by atoms with Crippen LogP contribution in [-0.4, -0.2) is 67.3 Å². The predicted molar refractivity (Wildman–Crippen MR) is 71.5 cm³/mol. The number of hydrogen-bond donors (Lipinski definition) is 1. The molecular weight excluding hydrogens is 258 g/mol. The fourth-order valence-electron chi connectivity index (χ4n) is 2.25. The van der Waals surface area contributed by atoms with Gasteiger partial charge in [-0.3, -0.25) is 0 Å². The summed E-state index contributed by atoms with van der Waals surface area (Å²) in [5.74, 6) is 1.82. The van der Waals surface area contributed by atoms with Crippen LogP contribution in [0.1, 0.15) is 13.3 Å². The van der Waals surface area contributed by atoms with Gasteiger partial charge in [0, 0.05) is 43.7 Å². The topological polar surface area (TPSA) is 52.7 Å². The third-order valence-corrected chi connectivity index (χ3v) is 6.57. The molecule has 0 aromatic rings. The van der Waals surface area contributed by atoms with Crippen molar-refractivity contribution in [3.05, 3.63) is 0 Å². The minimum atomic E-state index is -3.24. The fraction of sp³-hybridized carbons (Fsp3) is 1.00. The highest BCUT2D eigenvalue weighted by atomic mass is 32.2. The summed E-state index contributed by atoms with van der Waals surface area (Å²) in [6.45, 7) is 5.57. The van der Waals surface area contributed by atoms with Gasteiger partial charge in [-0.1, -0.05) is 0 Å². The lowest BCUT2D eigenvalue weighted by Gasteiger charge is -2.35. The van der Waals surface area contributed by atoms with Gasteiger partial charge in [-0.15, -0.1) is 0 Å². The van der Waals surface area contributed by atoms with Gasteiger partial charge in [0.1, 0.15) is 0 Å². The molecular formula is C10H21N3O2S2. The molecule has 2 aliphatic heterocycles. The lowest BCUT2D eigenvalue weighted by Crippen LogP contribution is -2.51. The van der Waals surface area contributed by atoms with Crippen LogP contribution in [0.2, 0.25) is 0 Å². The van der Waals surface area contributed by atoms with E-state index in [0.717, 1.165) is 31.0 Å². The van der Waals surface area contributed by atoms with Crippen LogP contribution < -0.4 is 5.32 Å². The van der Waals surface area contributed by atoms with Crippen LogP contribution in [0.5, 0.6) is 0 Å². The van der Waals surface area contributed by atoms with E-state index in [4.69, 9.17) is 0 Å². The molecule has 0 bridgehead atoms. The quantitative estimate of drug-likeness (QED) is 0.771. The molecule has 0 amide bonds. The van der Waals surface area contributed by atoms with Crippen LogP contribution >= 0.6 is 11.8 Å². The average Bonchev–Trinajstić information content (AvgIpc) is 2.58. The first-order valence-electron chi connectivity index (χ1n) is 6.18. The molecule has 1 unspecified atom stereocenters. The maximum Gasteiger partial charge on any atom is 0.282 e. The number of thioether (sulfide) groups is 1. The smallest absolute Gasteiger partial charge is 0.282 e. The van der Waals surface area contributed by atoms with Crippen molar-refractivity contribution in [2.75, 3.05) is 44.2 Å². The number of nitrogens with zero attached hydrogens (tertiary/aromatic N) is 2. The van der Waals surface area contributed by atoms with E-state index in [-0.39, 0.29) is 6.04 Å². The van der Waals surface area contributed by atoms with E-state index in [1.165, 1.54) is 0 Å². The molecule has 0 radical (unpaired) electrons. The van der Waals surface area contributed by atoms with Crippen LogP contribution in [0.15, 0.2) is 0 Å². The molecule has 0 saturated carbocycles. The van der Waals surface area contributed by atoms with Gasteiger partial charge < -0.3 is 5.32 Å². The van der Waals surface area contributed by atoms with E-state index in [9.17, 15) is 8.42 Å². The molecule has 0 aromatic carbocycles. The Bertz CT molecular complexity index is 339. The van der Waals surface area contributed by atoms with E-state index in [1.807, 2.05) is 18.7 Å². The molecule has 0 spiro atoms. The standard InChI is InChI=1S/C10H21N3O2S2/c1-10-9-16-8-7-13(10)17(14,15)12-5-2-3-11-4-6-12/h10-11H,2-9H2,1H3. The molecule has 2 saturated heterocycles. The molecule has 1 N–H and O–H groups in total. The molecule has 2 fully saturated rings. The lowest BCUT2D eigenvalue weighted by atomic mass is 10.4. The highest BCUT2D eigenvalue weighted by molar-refractivity contribution is 7.99. The summed E-state index contributed by atoms with van der Waals surface area (Å²) in [7, 11) is -3.24. The summed E-state index contributed by atoms with van der Waals surface area (Å²) in [4.78, 5) is 0. The normalized spacial score (nSPS) is 30.1. The van der Waals surface area contributed by atoms with E-state index in [0.29, 0.717) is 19.6 Å². The maximum atomic E-state index is 12.5. The van der Waals surface area contributed by atoms with Crippen LogP contribution in [0, 0.1) is 0 Å². The van der Waals surface area contributed by atoms with Crippen molar-refractivity contribution in [1.82, 2.24) is 13.9 Å². The van der Waals surface area contributed by atoms with Gasteiger partial charge in [0.25, 0.3) is 10.2 Å². The maximum absolute atomic E-state index is 12.5. The monoisotopic (exact) mass is 279 g/mol. The average molecular weight is 279 g/mol. The zero-order chi connectivity index (χ0) is 12.3. The first-order chi connectivity index (χ1) is 8.12. The second-order valence-electron chi connectivity index (χ2n) is 4.55. The van der Waals surface area contributed by atoms with Crippen LogP contribution in [0.25, 0.3) is 0 Å². The molecule has 17 heavy (non-hydrogen) atoms. The van der Waals surface area contributed by atoms with Crippen molar-refractivity contribution in [2.45, 2.75) is 19.4 Å². The Morgan fingerprint density at radius 2 is 2.06 bits per heavy atom. The van der Waals surface area contributed by atoms with E-state index in [1.54, 1.807) is 8.61 Å². The summed E-state index contributed by atoms with van der Waals surface area (Å²) in [5, 5.41) is 3.23. The van der Waals surface area contributed by atoms with Gasteiger partial charge in [0.15, 0.2) is 0 Å². The van der Waals surface area contributed by atoms with Gasteiger partial charge in [-0.05, 0) is 19.9 Å². The molecule has 0 aliphatic carbocycles. The van der Waals surface area contributed by atoms with Gasteiger partial charge in [0.2, 0.25) is 0 Å². The Balaban J connectivity index is 2.10. The Morgan fingerprint density at radius 1 is 1.24 bits per heavy atom. The highest BCUT2D eigenvalue weighted by Crippen LogP contribution is 2.21. The minimum Gasteiger partial charge on any atom is -0.315 e. The summed E-state index contributed by atoms with van der Waals surface area (Å²) in [6.07, 6.45) is 0.899. The second kappa shape index (κ2) is 5.88. The highest BCUT2D eigenvalue weighted by Gasteiger charge is 2.34. The third-order valence-electron chi connectivity index (χ3n) is 3.23. The Kier molecular flexibility index (Phi) is 4.71.